The van der Waals surface area contributed by atoms with Crippen LogP contribution in [0, 0.1) is 5.41 Å². The number of aromatic nitrogens is 1. The molecule has 0 radical (unpaired) electrons. The van der Waals surface area contributed by atoms with E-state index in [9.17, 15) is 4.79 Å². The molecule has 0 atom stereocenters. The van der Waals surface area contributed by atoms with E-state index in [2.05, 4.69) is 17.0 Å². The van der Waals surface area contributed by atoms with Crippen LogP contribution in [0.25, 0.3) is 11.8 Å². The van der Waals surface area contributed by atoms with Gasteiger partial charge in [0.1, 0.15) is 5.04 Å². The molecule has 1 aromatic heterocycles. The summed E-state index contributed by atoms with van der Waals surface area (Å²) in [4.78, 5) is 16.7. The second kappa shape index (κ2) is 7.58. The zero-order valence-corrected chi connectivity index (χ0v) is 17.1. The van der Waals surface area contributed by atoms with Gasteiger partial charge in [0.2, 0.25) is 5.17 Å². The molecule has 0 bridgehead atoms. The molecule has 4 rings (SSSR count). The van der Waals surface area contributed by atoms with Crippen LogP contribution in [0.1, 0.15) is 25.5 Å². The van der Waals surface area contributed by atoms with Gasteiger partial charge in [-0.1, -0.05) is 30.1 Å². The molecule has 3 heterocycles. The maximum atomic E-state index is 12.6. The van der Waals surface area contributed by atoms with E-state index in [-0.39, 0.29) is 11.4 Å². The average Bonchev–Trinajstić information content (AvgIpc) is 3.25. The molecule has 2 aliphatic heterocycles. The van der Waals surface area contributed by atoms with Gasteiger partial charge in [-0.3, -0.25) is 10.2 Å². The lowest BCUT2D eigenvalue weighted by atomic mass is 10.1. The standard InChI is InChI=1S/C19H15Cl2N5OS/c1-2-4-16-24-26-17(22)15(18(27)23-19(26)28-16)10-13-5-3-6-25(13)14-8-11(20)7-12(21)9-14/h3,5-10,22H,2,4H2,1H3/b15-10+,22-17?. The minimum Gasteiger partial charge on any atom is -0.317 e. The minimum absolute atomic E-state index is 0.0190. The van der Waals surface area contributed by atoms with Gasteiger partial charge >= 0.3 is 0 Å². The number of halogens is 2. The van der Waals surface area contributed by atoms with Crippen molar-refractivity contribution in [2.75, 3.05) is 0 Å². The Balaban J connectivity index is 1.72. The molecule has 6 nitrogen and oxygen atoms in total. The number of amides is 1. The molecule has 2 aliphatic rings. The van der Waals surface area contributed by atoms with Gasteiger partial charge in [0.25, 0.3) is 5.91 Å². The number of carbonyl (C=O) groups excluding carboxylic acids is 1. The van der Waals surface area contributed by atoms with Gasteiger partial charge in [-0.2, -0.15) is 15.1 Å². The Bertz CT molecular complexity index is 1070. The summed E-state index contributed by atoms with van der Waals surface area (Å²) in [5, 5.41) is 16.6. The number of fused-ring (bicyclic) bond motifs is 1. The van der Waals surface area contributed by atoms with Gasteiger partial charge in [0.15, 0.2) is 5.84 Å². The van der Waals surface area contributed by atoms with Crippen LogP contribution in [-0.4, -0.2) is 31.5 Å². The number of aliphatic imine (C=N–C) groups is 1. The van der Waals surface area contributed by atoms with Crippen molar-refractivity contribution in [1.29, 1.82) is 5.41 Å². The number of thioether (sulfide) groups is 1. The van der Waals surface area contributed by atoms with Crippen LogP contribution in [0.4, 0.5) is 0 Å². The zero-order chi connectivity index (χ0) is 19.8. The molecule has 2 aromatic rings. The number of hydrogen-bond acceptors (Lipinski definition) is 4. The predicted molar refractivity (Wildman–Crippen MR) is 116 cm³/mol. The molecule has 0 saturated carbocycles. The summed E-state index contributed by atoms with van der Waals surface area (Å²) in [6, 6.07) is 8.89. The predicted octanol–water partition coefficient (Wildman–Crippen LogP) is 5.20. The Morgan fingerprint density at radius 2 is 2.00 bits per heavy atom. The number of hydrazone groups is 1. The summed E-state index contributed by atoms with van der Waals surface area (Å²) < 4.78 is 1.84. The fourth-order valence-corrected chi connectivity index (χ4v) is 4.42. The monoisotopic (exact) mass is 431 g/mol. The molecule has 1 N–H and O–H groups in total. The third-order valence-electron chi connectivity index (χ3n) is 4.16. The lowest BCUT2D eigenvalue weighted by molar-refractivity contribution is -0.114. The molecule has 0 saturated heterocycles. The van der Waals surface area contributed by atoms with Crippen molar-refractivity contribution in [3.05, 3.63) is 57.8 Å². The van der Waals surface area contributed by atoms with E-state index in [0.717, 1.165) is 23.6 Å². The normalized spacial score (nSPS) is 17.8. The van der Waals surface area contributed by atoms with Crippen LogP contribution < -0.4 is 0 Å². The molecular weight excluding hydrogens is 417 g/mol. The second-order valence-corrected chi connectivity index (χ2v) is 8.11. The van der Waals surface area contributed by atoms with Gasteiger partial charge < -0.3 is 4.57 Å². The Hall–Kier alpha value is -2.35. The molecule has 1 aromatic carbocycles. The quantitative estimate of drug-likeness (QED) is 0.675. The summed E-state index contributed by atoms with van der Waals surface area (Å²) in [6.45, 7) is 2.06. The number of nitrogens with zero attached hydrogens (tertiary/aromatic N) is 4. The molecular formula is C19H15Cl2N5OS. The van der Waals surface area contributed by atoms with Crippen molar-refractivity contribution in [2.45, 2.75) is 19.8 Å². The number of rotatable bonds is 4. The smallest absolute Gasteiger partial charge is 0.283 e. The Labute approximate surface area is 176 Å². The Morgan fingerprint density at radius 3 is 2.71 bits per heavy atom. The molecule has 9 heteroatoms. The van der Waals surface area contributed by atoms with Gasteiger partial charge in [-0.25, -0.2) is 0 Å². The number of hydrogen-bond donors (Lipinski definition) is 1. The summed E-state index contributed by atoms with van der Waals surface area (Å²) in [5.41, 5.74) is 1.64. The first-order valence-corrected chi connectivity index (χ1v) is 10.2. The van der Waals surface area contributed by atoms with Gasteiger partial charge in [0, 0.05) is 27.6 Å². The van der Waals surface area contributed by atoms with E-state index < -0.39 is 5.91 Å². The first-order chi connectivity index (χ1) is 13.5. The van der Waals surface area contributed by atoms with Crippen molar-refractivity contribution in [3.8, 4) is 5.69 Å². The van der Waals surface area contributed by atoms with Crippen LogP contribution in [0.5, 0.6) is 0 Å². The summed E-state index contributed by atoms with van der Waals surface area (Å²) in [5.74, 6) is -0.431. The number of carbonyl (C=O) groups is 1. The minimum atomic E-state index is -0.450. The lowest BCUT2D eigenvalue weighted by Crippen LogP contribution is -2.35. The van der Waals surface area contributed by atoms with E-state index in [0.29, 0.717) is 20.9 Å². The van der Waals surface area contributed by atoms with Crippen molar-refractivity contribution < 1.29 is 4.79 Å². The third kappa shape index (κ3) is 3.53. The molecule has 0 aliphatic carbocycles. The zero-order valence-electron chi connectivity index (χ0n) is 14.8. The van der Waals surface area contributed by atoms with Crippen LogP contribution in [0.15, 0.2) is 52.2 Å². The van der Waals surface area contributed by atoms with Crippen LogP contribution >= 0.6 is 35.0 Å². The fourth-order valence-electron chi connectivity index (χ4n) is 2.92. The number of amidine groups is 2. The largest absolute Gasteiger partial charge is 0.317 e. The Kier molecular flexibility index (Phi) is 5.14. The highest BCUT2D eigenvalue weighted by Crippen LogP contribution is 2.30. The SMILES string of the molecule is CCCC1=NN2C(=N)/C(=C\c3cccn3-c3cc(Cl)cc(Cl)c3)C(=O)N=C2S1. The van der Waals surface area contributed by atoms with E-state index in [1.54, 1.807) is 24.3 Å². The summed E-state index contributed by atoms with van der Waals surface area (Å²) in [7, 11) is 0. The van der Waals surface area contributed by atoms with E-state index in [4.69, 9.17) is 28.6 Å². The van der Waals surface area contributed by atoms with E-state index >= 15 is 0 Å². The van der Waals surface area contributed by atoms with Crippen molar-refractivity contribution in [1.82, 2.24) is 9.58 Å². The molecule has 0 unspecified atom stereocenters. The van der Waals surface area contributed by atoms with Crippen LogP contribution in [0.2, 0.25) is 10.0 Å². The van der Waals surface area contributed by atoms with Crippen molar-refractivity contribution in [3.63, 3.8) is 0 Å². The molecule has 1 amide bonds. The van der Waals surface area contributed by atoms with Crippen molar-refractivity contribution in [2.24, 2.45) is 10.1 Å². The highest BCUT2D eigenvalue weighted by atomic mass is 35.5. The van der Waals surface area contributed by atoms with Crippen LogP contribution in [-0.2, 0) is 4.79 Å². The Morgan fingerprint density at radius 1 is 1.25 bits per heavy atom. The van der Waals surface area contributed by atoms with Crippen molar-refractivity contribution >= 4 is 63.0 Å². The first kappa shape index (κ1) is 19.0. The fraction of sp³-hybridized carbons (Fsp3) is 0.158. The highest BCUT2D eigenvalue weighted by molar-refractivity contribution is 8.26. The topological polar surface area (TPSA) is 73.8 Å². The molecule has 0 spiro atoms. The third-order valence-corrected chi connectivity index (χ3v) is 5.56. The molecule has 142 valence electrons. The molecule has 28 heavy (non-hydrogen) atoms. The summed E-state index contributed by atoms with van der Waals surface area (Å²) >= 11 is 13.6. The maximum Gasteiger partial charge on any atom is 0.283 e. The van der Waals surface area contributed by atoms with Gasteiger partial charge in [-0.15, -0.1) is 0 Å². The average molecular weight is 432 g/mol. The van der Waals surface area contributed by atoms with E-state index in [1.165, 1.54) is 16.8 Å². The summed E-state index contributed by atoms with van der Waals surface area (Å²) in [6.07, 6.45) is 5.20. The highest BCUT2D eigenvalue weighted by Gasteiger charge is 2.35. The second-order valence-electron chi connectivity index (χ2n) is 6.19. The van der Waals surface area contributed by atoms with Gasteiger partial charge in [0.05, 0.1) is 5.57 Å². The maximum absolute atomic E-state index is 12.6. The first-order valence-electron chi connectivity index (χ1n) is 8.59. The lowest BCUT2D eigenvalue weighted by Gasteiger charge is -2.20. The van der Waals surface area contributed by atoms with Gasteiger partial charge in [-0.05, 0) is 61.0 Å². The van der Waals surface area contributed by atoms with Crippen LogP contribution in [0.3, 0.4) is 0 Å². The number of benzene rings is 1. The number of nitrogens with one attached hydrogen (secondary N) is 1. The van der Waals surface area contributed by atoms with E-state index in [1.807, 2.05) is 22.9 Å². The molecule has 0 fully saturated rings.